The number of amides is 1. The smallest absolute Gasteiger partial charge is 0.269 e. The van der Waals surface area contributed by atoms with Crippen LogP contribution in [0.1, 0.15) is 20.7 Å². The Morgan fingerprint density at radius 2 is 1.68 bits per heavy atom. The number of ketones is 1. The van der Waals surface area contributed by atoms with E-state index in [0.29, 0.717) is 9.90 Å². The molecule has 1 amide bonds. The standard InChI is InChI=1S/C21H14N4O4S2/c26-18(16-6-5-13-3-1-2-4-15(13)11-16)12-30-21-24-23-20(31-21)22-19(27)14-7-9-17(10-8-14)25(28)29/h1-11H,12H2,(H,22,23,27). The third-order valence-corrected chi connectivity index (χ3v) is 6.34. The molecule has 10 heteroatoms. The topological polar surface area (TPSA) is 115 Å². The fourth-order valence-electron chi connectivity index (χ4n) is 2.80. The fourth-order valence-corrected chi connectivity index (χ4v) is 4.44. The maximum atomic E-state index is 12.5. The van der Waals surface area contributed by atoms with Gasteiger partial charge in [0.05, 0.1) is 10.7 Å². The third kappa shape index (κ3) is 4.93. The lowest BCUT2D eigenvalue weighted by Crippen LogP contribution is -2.11. The molecule has 0 aliphatic rings. The molecule has 154 valence electrons. The normalized spacial score (nSPS) is 10.7. The molecule has 1 heterocycles. The Balaban J connectivity index is 1.35. The molecule has 0 saturated heterocycles. The molecule has 0 radical (unpaired) electrons. The Morgan fingerprint density at radius 3 is 2.42 bits per heavy atom. The first-order valence-electron chi connectivity index (χ1n) is 9.04. The number of nitrogens with zero attached hydrogens (tertiary/aromatic N) is 3. The first kappa shape index (κ1) is 20.6. The molecule has 0 unspecified atom stereocenters. The van der Waals surface area contributed by atoms with E-state index >= 15 is 0 Å². The number of benzene rings is 3. The highest BCUT2D eigenvalue weighted by Crippen LogP contribution is 2.27. The maximum Gasteiger partial charge on any atom is 0.269 e. The van der Waals surface area contributed by atoms with Crippen molar-refractivity contribution >= 4 is 56.4 Å². The second kappa shape index (κ2) is 9.02. The van der Waals surface area contributed by atoms with E-state index < -0.39 is 10.8 Å². The largest absolute Gasteiger partial charge is 0.296 e. The number of nitrogens with one attached hydrogen (secondary N) is 1. The number of Topliss-reactive ketones (excluding diaryl/α,β-unsaturated/α-hetero) is 1. The van der Waals surface area contributed by atoms with Gasteiger partial charge in [0.1, 0.15) is 0 Å². The highest BCUT2D eigenvalue weighted by atomic mass is 32.2. The number of carbonyl (C=O) groups is 2. The van der Waals surface area contributed by atoms with E-state index in [1.807, 2.05) is 36.4 Å². The highest BCUT2D eigenvalue weighted by molar-refractivity contribution is 8.01. The van der Waals surface area contributed by atoms with Crippen LogP contribution >= 0.6 is 23.1 Å². The molecule has 3 aromatic carbocycles. The third-order valence-electron chi connectivity index (χ3n) is 4.37. The van der Waals surface area contributed by atoms with Crippen molar-refractivity contribution in [3.05, 3.63) is 88.0 Å². The molecule has 31 heavy (non-hydrogen) atoms. The van der Waals surface area contributed by atoms with Gasteiger partial charge in [0.25, 0.3) is 11.6 Å². The maximum absolute atomic E-state index is 12.5. The minimum absolute atomic E-state index is 0.0255. The van der Waals surface area contributed by atoms with E-state index in [1.165, 1.54) is 36.0 Å². The predicted octanol–water partition coefficient (Wildman–Crippen LogP) is 4.83. The molecule has 4 aromatic rings. The average molecular weight is 451 g/mol. The first-order chi connectivity index (χ1) is 15.0. The summed E-state index contributed by atoms with van der Waals surface area (Å²) in [4.78, 5) is 34.9. The lowest BCUT2D eigenvalue weighted by Gasteiger charge is -2.02. The van der Waals surface area contributed by atoms with Crippen LogP contribution in [0.5, 0.6) is 0 Å². The molecule has 0 aliphatic heterocycles. The van der Waals surface area contributed by atoms with Gasteiger partial charge >= 0.3 is 0 Å². The molecule has 4 rings (SSSR count). The summed E-state index contributed by atoms with van der Waals surface area (Å²) in [5.74, 6) is -0.277. The lowest BCUT2D eigenvalue weighted by atomic mass is 10.1. The van der Waals surface area contributed by atoms with Crippen LogP contribution in [-0.4, -0.2) is 32.6 Å². The van der Waals surface area contributed by atoms with Gasteiger partial charge in [-0.15, -0.1) is 10.2 Å². The SMILES string of the molecule is O=C(CSc1nnc(NC(=O)c2ccc([N+](=O)[O-])cc2)s1)c1ccc2ccccc2c1. The molecule has 1 aromatic heterocycles. The molecule has 0 saturated carbocycles. The average Bonchev–Trinajstić information content (AvgIpc) is 3.24. The molecule has 0 atom stereocenters. The van der Waals surface area contributed by atoms with E-state index in [-0.39, 0.29) is 27.9 Å². The van der Waals surface area contributed by atoms with Crippen LogP contribution in [-0.2, 0) is 0 Å². The van der Waals surface area contributed by atoms with Crippen molar-refractivity contribution in [3.63, 3.8) is 0 Å². The molecule has 0 bridgehead atoms. The van der Waals surface area contributed by atoms with Crippen LogP contribution in [0.25, 0.3) is 10.8 Å². The van der Waals surface area contributed by atoms with Crippen LogP contribution in [0.3, 0.4) is 0 Å². The van der Waals surface area contributed by atoms with Crippen molar-refractivity contribution < 1.29 is 14.5 Å². The second-order valence-corrected chi connectivity index (χ2v) is 8.60. The number of anilines is 1. The van der Waals surface area contributed by atoms with E-state index in [2.05, 4.69) is 15.5 Å². The van der Waals surface area contributed by atoms with Crippen LogP contribution < -0.4 is 5.32 Å². The Kier molecular flexibility index (Phi) is 6.01. The number of aromatic nitrogens is 2. The van der Waals surface area contributed by atoms with E-state index in [4.69, 9.17) is 0 Å². The number of hydrogen-bond acceptors (Lipinski definition) is 8. The van der Waals surface area contributed by atoms with Gasteiger partial charge in [-0.25, -0.2) is 0 Å². The van der Waals surface area contributed by atoms with Crippen LogP contribution in [0.15, 0.2) is 71.1 Å². The van der Waals surface area contributed by atoms with Crippen LogP contribution in [0.2, 0.25) is 0 Å². The summed E-state index contributed by atoms with van der Waals surface area (Å²) >= 11 is 2.40. The number of thioether (sulfide) groups is 1. The Labute approximate surface area is 184 Å². The predicted molar refractivity (Wildman–Crippen MR) is 120 cm³/mol. The van der Waals surface area contributed by atoms with E-state index in [9.17, 15) is 19.7 Å². The summed E-state index contributed by atoms with van der Waals surface area (Å²) in [6.45, 7) is 0. The molecule has 0 fully saturated rings. The van der Waals surface area contributed by atoms with Gasteiger partial charge in [0.2, 0.25) is 5.13 Å². The van der Waals surface area contributed by atoms with Crippen molar-refractivity contribution in [3.8, 4) is 0 Å². The van der Waals surface area contributed by atoms with Crippen molar-refractivity contribution in [1.29, 1.82) is 0 Å². The number of rotatable bonds is 7. The Bertz CT molecular complexity index is 1290. The number of fused-ring (bicyclic) bond motifs is 1. The second-order valence-electron chi connectivity index (χ2n) is 6.41. The van der Waals surface area contributed by atoms with Crippen molar-refractivity contribution in [2.24, 2.45) is 0 Å². The lowest BCUT2D eigenvalue weighted by molar-refractivity contribution is -0.384. The van der Waals surface area contributed by atoms with Gasteiger partial charge in [-0.2, -0.15) is 0 Å². The van der Waals surface area contributed by atoms with Crippen molar-refractivity contribution in [2.75, 3.05) is 11.1 Å². The molecule has 0 aliphatic carbocycles. The Morgan fingerprint density at radius 1 is 0.968 bits per heavy atom. The minimum atomic E-state index is -0.533. The fraction of sp³-hybridized carbons (Fsp3) is 0.0476. The monoisotopic (exact) mass is 450 g/mol. The van der Waals surface area contributed by atoms with E-state index in [0.717, 1.165) is 22.1 Å². The van der Waals surface area contributed by atoms with Gasteiger partial charge in [-0.05, 0) is 29.0 Å². The van der Waals surface area contributed by atoms with Gasteiger partial charge in [0.15, 0.2) is 10.1 Å². The molecule has 8 nitrogen and oxygen atoms in total. The number of nitro benzene ring substituents is 1. The molecular formula is C21H14N4O4S2. The first-order valence-corrected chi connectivity index (χ1v) is 10.8. The molecule has 1 N–H and O–H groups in total. The van der Waals surface area contributed by atoms with Crippen molar-refractivity contribution in [1.82, 2.24) is 10.2 Å². The summed E-state index contributed by atoms with van der Waals surface area (Å²) in [6.07, 6.45) is 0. The summed E-state index contributed by atoms with van der Waals surface area (Å²) in [5, 5.41) is 23.6. The zero-order chi connectivity index (χ0) is 21.8. The molecular weight excluding hydrogens is 436 g/mol. The van der Waals surface area contributed by atoms with Gasteiger partial charge < -0.3 is 0 Å². The van der Waals surface area contributed by atoms with E-state index in [1.54, 1.807) is 6.07 Å². The summed E-state index contributed by atoms with van der Waals surface area (Å²) in [7, 11) is 0. The summed E-state index contributed by atoms with van der Waals surface area (Å²) in [6, 6.07) is 18.7. The number of carbonyl (C=O) groups excluding carboxylic acids is 2. The zero-order valence-corrected chi connectivity index (χ0v) is 17.5. The zero-order valence-electron chi connectivity index (χ0n) is 15.8. The highest BCUT2D eigenvalue weighted by Gasteiger charge is 2.14. The number of hydrogen-bond donors (Lipinski definition) is 1. The van der Waals surface area contributed by atoms with Crippen molar-refractivity contribution in [2.45, 2.75) is 4.34 Å². The summed E-state index contributed by atoms with van der Waals surface area (Å²) < 4.78 is 0.549. The Hall–Kier alpha value is -3.63. The number of non-ortho nitro benzene ring substituents is 1. The number of nitro groups is 1. The minimum Gasteiger partial charge on any atom is -0.296 e. The van der Waals surface area contributed by atoms with Crippen LogP contribution in [0, 0.1) is 10.1 Å². The van der Waals surface area contributed by atoms with Gasteiger partial charge in [-0.1, -0.05) is 59.5 Å². The van der Waals surface area contributed by atoms with Gasteiger partial charge in [-0.3, -0.25) is 25.0 Å². The summed E-state index contributed by atoms with van der Waals surface area (Å²) in [5.41, 5.74) is 0.797. The van der Waals surface area contributed by atoms with Gasteiger partial charge in [0, 0.05) is 23.3 Å². The molecule has 0 spiro atoms. The quantitative estimate of drug-likeness (QED) is 0.141. The van der Waals surface area contributed by atoms with Crippen LogP contribution in [0.4, 0.5) is 10.8 Å².